The number of phenols is 1. The molecule has 2 rings (SSSR count). The van der Waals surface area contributed by atoms with Crippen LogP contribution in [0.2, 0.25) is 0 Å². The molecule has 0 aliphatic heterocycles. The maximum Gasteiger partial charge on any atom is 0.258 e. The Morgan fingerprint density at radius 3 is 2.70 bits per heavy atom. The van der Waals surface area contributed by atoms with E-state index in [2.05, 4.69) is 12.2 Å². The van der Waals surface area contributed by atoms with E-state index in [0.717, 1.165) is 12.3 Å². The van der Waals surface area contributed by atoms with Crippen LogP contribution >= 0.6 is 0 Å². The summed E-state index contributed by atoms with van der Waals surface area (Å²) in [6, 6.07) is 3.88. The maximum absolute atomic E-state index is 13.5. The van der Waals surface area contributed by atoms with E-state index in [1.54, 1.807) is 0 Å². The predicted molar refractivity (Wildman–Crippen MR) is 76.1 cm³/mol. The Balaban J connectivity index is 1.81. The van der Waals surface area contributed by atoms with Crippen LogP contribution < -0.4 is 5.32 Å². The fourth-order valence-corrected chi connectivity index (χ4v) is 2.83. The van der Waals surface area contributed by atoms with E-state index < -0.39 is 11.7 Å². The average molecular weight is 279 g/mol. The Bertz CT molecular complexity index is 447. The zero-order valence-corrected chi connectivity index (χ0v) is 11.9. The van der Waals surface area contributed by atoms with Crippen LogP contribution in [0.15, 0.2) is 18.2 Å². The lowest BCUT2D eigenvalue weighted by Gasteiger charge is -2.26. The van der Waals surface area contributed by atoms with E-state index in [4.69, 9.17) is 0 Å². The minimum Gasteiger partial charge on any atom is -0.507 e. The predicted octanol–water partition coefficient (Wildman–Crippen LogP) is 3.48. The SMILES string of the molecule is CC1CCC(CCNC(=O)c2c(O)cccc2F)CC1. The van der Waals surface area contributed by atoms with Crippen molar-refractivity contribution < 1.29 is 14.3 Å². The summed E-state index contributed by atoms with van der Waals surface area (Å²) in [5.74, 6) is -0.0651. The van der Waals surface area contributed by atoms with Crippen LogP contribution in [-0.4, -0.2) is 17.6 Å². The van der Waals surface area contributed by atoms with Crippen LogP contribution in [0.25, 0.3) is 0 Å². The summed E-state index contributed by atoms with van der Waals surface area (Å²) in [5.41, 5.74) is -0.259. The van der Waals surface area contributed by atoms with Crippen molar-refractivity contribution >= 4 is 5.91 Å². The Kier molecular flexibility index (Phi) is 4.99. The van der Waals surface area contributed by atoms with Gasteiger partial charge < -0.3 is 10.4 Å². The zero-order chi connectivity index (χ0) is 14.5. The molecule has 4 heteroatoms. The molecule has 0 saturated heterocycles. The van der Waals surface area contributed by atoms with Crippen molar-refractivity contribution in [2.45, 2.75) is 39.0 Å². The molecular weight excluding hydrogens is 257 g/mol. The van der Waals surface area contributed by atoms with Crippen LogP contribution in [0.5, 0.6) is 5.75 Å². The van der Waals surface area contributed by atoms with Crippen molar-refractivity contribution in [2.24, 2.45) is 11.8 Å². The van der Waals surface area contributed by atoms with E-state index in [0.29, 0.717) is 12.5 Å². The van der Waals surface area contributed by atoms with Gasteiger partial charge in [-0.05, 0) is 30.4 Å². The molecule has 1 aromatic rings. The van der Waals surface area contributed by atoms with Crippen LogP contribution in [-0.2, 0) is 0 Å². The van der Waals surface area contributed by atoms with Gasteiger partial charge in [-0.1, -0.05) is 38.7 Å². The van der Waals surface area contributed by atoms with E-state index in [9.17, 15) is 14.3 Å². The highest BCUT2D eigenvalue weighted by Crippen LogP contribution is 2.30. The molecule has 0 unspecified atom stereocenters. The van der Waals surface area contributed by atoms with Crippen LogP contribution in [0, 0.1) is 17.7 Å². The van der Waals surface area contributed by atoms with Crippen molar-refractivity contribution in [1.82, 2.24) is 5.32 Å². The molecule has 2 N–H and O–H groups in total. The van der Waals surface area contributed by atoms with E-state index >= 15 is 0 Å². The molecule has 0 bridgehead atoms. The minimum absolute atomic E-state index is 0.259. The van der Waals surface area contributed by atoms with Gasteiger partial charge in [-0.3, -0.25) is 4.79 Å². The molecule has 1 aromatic carbocycles. The van der Waals surface area contributed by atoms with Gasteiger partial charge >= 0.3 is 0 Å². The first-order valence-electron chi connectivity index (χ1n) is 7.33. The molecular formula is C16H22FNO2. The molecule has 3 nitrogen and oxygen atoms in total. The van der Waals surface area contributed by atoms with Gasteiger partial charge in [0.15, 0.2) is 0 Å². The van der Waals surface area contributed by atoms with Crippen LogP contribution in [0.1, 0.15) is 49.4 Å². The molecule has 0 aromatic heterocycles. The van der Waals surface area contributed by atoms with Gasteiger partial charge in [-0.25, -0.2) is 4.39 Å². The van der Waals surface area contributed by atoms with Crippen molar-refractivity contribution in [3.63, 3.8) is 0 Å². The number of halogens is 1. The molecule has 0 radical (unpaired) electrons. The smallest absolute Gasteiger partial charge is 0.258 e. The number of carbonyl (C=O) groups is 1. The summed E-state index contributed by atoms with van der Waals surface area (Å²) in [5, 5.41) is 12.2. The summed E-state index contributed by atoms with van der Waals surface area (Å²) in [7, 11) is 0. The molecule has 0 spiro atoms. The Hall–Kier alpha value is -1.58. The lowest BCUT2D eigenvalue weighted by Crippen LogP contribution is -2.27. The normalized spacial score (nSPS) is 22.5. The Morgan fingerprint density at radius 2 is 2.05 bits per heavy atom. The third-order valence-electron chi connectivity index (χ3n) is 4.19. The number of rotatable bonds is 4. The second kappa shape index (κ2) is 6.73. The first-order valence-corrected chi connectivity index (χ1v) is 7.33. The van der Waals surface area contributed by atoms with Gasteiger partial charge in [0.05, 0.1) is 0 Å². The Labute approximate surface area is 119 Å². The number of aromatic hydroxyl groups is 1. The van der Waals surface area contributed by atoms with E-state index in [1.165, 1.54) is 43.9 Å². The van der Waals surface area contributed by atoms with Crippen molar-refractivity contribution in [2.75, 3.05) is 6.54 Å². The number of benzene rings is 1. The van der Waals surface area contributed by atoms with Crippen LogP contribution in [0.4, 0.5) is 4.39 Å². The Morgan fingerprint density at radius 1 is 1.35 bits per heavy atom. The highest BCUT2D eigenvalue weighted by Gasteiger charge is 2.19. The lowest BCUT2D eigenvalue weighted by molar-refractivity contribution is 0.0943. The highest BCUT2D eigenvalue weighted by atomic mass is 19.1. The van der Waals surface area contributed by atoms with Crippen molar-refractivity contribution in [3.8, 4) is 5.75 Å². The monoisotopic (exact) mass is 279 g/mol. The fraction of sp³-hybridized carbons (Fsp3) is 0.562. The standard InChI is InChI=1S/C16H22FNO2/c1-11-5-7-12(8-6-11)9-10-18-16(20)15-13(17)3-2-4-14(15)19/h2-4,11-12,19H,5-10H2,1H3,(H,18,20). The maximum atomic E-state index is 13.5. The quantitative estimate of drug-likeness (QED) is 0.886. The van der Waals surface area contributed by atoms with Gasteiger partial charge in [-0.15, -0.1) is 0 Å². The molecule has 1 amide bonds. The lowest BCUT2D eigenvalue weighted by atomic mass is 9.81. The van der Waals surface area contributed by atoms with E-state index in [1.807, 2.05) is 0 Å². The van der Waals surface area contributed by atoms with Crippen LogP contribution in [0.3, 0.4) is 0 Å². The van der Waals surface area contributed by atoms with Crippen molar-refractivity contribution in [3.05, 3.63) is 29.6 Å². The summed E-state index contributed by atoms with van der Waals surface area (Å²) >= 11 is 0. The molecule has 1 aliphatic rings. The second-order valence-electron chi connectivity index (χ2n) is 5.80. The van der Waals surface area contributed by atoms with Gasteiger partial charge in [0.2, 0.25) is 0 Å². The highest BCUT2D eigenvalue weighted by molar-refractivity contribution is 5.97. The third kappa shape index (κ3) is 3.71. The van der Waals surface area contributed by atoms with Gasteiger partial charge in [0.25, 0.3) is 5.91 Å². The van der Waals surface area contributed by atoms with E-state index in [-0.39, 0.29) is 11.3 Å². The summed E-state index contributed by atoms with van der Waals surface area (Å²) in [6.07, 6.45) is 5.86. The molecule has 1 aliphatic carbocycles. The molecule has 0 atom stereocenters. The largest absolute Gasteiger partial charge is 0.507 e. The molecule has 1 saturated carbocycles. The van der Waals surface area contributed by atoms with Gasteiger partial charge in [0, 0.05) is 6.54 Å². The van der Waals surface area contributed by atoms with Crippen molar-refractivity contribution in [1.29, 1.82) is 0 Å². The minimum atomic E-state index is -0.686. The third-order valence-corrected chi connectivity index (χ3v) is 4.19. The molecule has 1 fully saturated rings. The number of carbonyl (C=O) groups excluding carboxylic acids is 1. The number of hydrogen-bond acceptors (Lipinski definition) is 2. The fourth-order valence-electron chi connectivity index (χ4n) is 2.83. The number of hydrogen-bond donors (Lipinski definition) is 2. The first-order chi connectivity index (χ1) is 9.58. The summed E-state index contributed by atoms with van der Waals surface area (Å²) < 4.78 is 13.5. The summed E-state index contributed by atoms with van der Waals surface area (Å²) in [4.78, 5) is 11.9. The number of amides is 1. The number of nitrogens with one attached hydrogen (secondary N) is 1. The second-order valence-corrected chi connectivity index (χ2v) is 5.80. The first kappa shape index (κ1) is 14.8. The molecule has 110 valence electrons. The topological polar surface area (TPSA) is 49.3 Å². The van der Waals surface area contributed by atoms with Gasteiger partial charge in [0.1, 0.15) is 17.1 Å². The zero-order valence-electron chi connectivity index (χ0n) is 11.9. The molecule has 0 heterocycles. The average Bonchev–Trinajstić information content (AvgIpc) is 2.41. The van der Waals surface area contributed by atoms with Gasteiger partial charge in [-0.2, -0.15) is 0 Å². The number of phenolic OH excluding ortho intramolecular Hbond substituents is 1. The summed E-state index contributed by atoms with van der Waals surface area (Å²) in [6.45, 7) is 2.81. The molecule has 20 heavy (non-hydrogen) atoms.